The number of rotatable bonds is 6. The smallest absolute Gasteiger partial charge is 0.223 e. The Hall–Kier alpha value is -1.01. The van der Waals surface area contributed by atoms with Gasteiger partial charge in [-0.25, -0.2) is 0 Å². The van der Waals surface area contributed by atoms with E-state index < -0.39 is 0 Å². The van der Waals surface area contributed by atoms with Gasteiger partial charge >= 0.3 is 0 Å². The summed E-state index contributed by atoms with van der Waals surface area (Å²) in [6.07, 6.45) is 5.67. The van der Waals surface area contributed by atoms with Crippen LogP contribution in [0.2, 0.25) is 0 Å². The van der Waals surface area contributed by atoms with Gasteiger partial charge in [0.05, 0.1) is 6.54 Å². The summed E-state index contributed by atoms with van der Waals surface area (Å²) < 4.78 is 4.97. The number of amides is 1. The van der Waals surface area contributed by atoms with Crippen LogP contribution in [-0.4, -0.2) is 37.6 Å². The largest absolute Gasteiger partial charge is 0.384 e. The van der Waals surface area contributed by atoms with Gasteiger partial charge in [-0.1, -0.05) is 12.8 Å². The minimum Gasteiger partial charge on any atom is -0.384 e. The molecular formula is C11H19NO2. The molecule has 0 heterocycles. The molecule has 0 aromatic carbocycles. The molecule has 3 nitrogen and oxygen atoms in total. The molecule has 0 saturated heterocycles. The van der Waals surface area contributed by atoms with Crippen molar-refractivity contribution in [2.75, 3.05) is 26.8 Å². The predicted molar refractivity (Wildman–Crippen MR) is 56.7 cm³/mol. The number of carbonyl (C=O) groups is 1. The topological polar surface area (TPSA) is 29.5 Å². The van der Waals surface area contributed by atoms with Crippen LogP contribution in [0.25, 0.3) is 0 Å². The highest BCUT2D eigenvalue weighted by molar-refractivity contribution is 5.76. The van der Waals surface area contributed by atoms with Crippen LogP contribution in [0.4, 0.5) is 0 Å². The molecule has 0 saturated carbocycles. The van der Waals surface area contributed by atoms with E-state index in [1.54, 1.807) is 12.0 Å². The lowest BCUT2D eigenvalue weighted by atomic mass is 10.1. The lowest BCUT2D eigenvalue weighted by Gasteiger charge is -2.19. The van der Waals surface area contributed by atoms with Gasteiger partial charge in [-0.2, -0.15) is 0 Å². The molecule has 0 spiro atoms. The van der Waals surface area contributed by atoms with Crippen LogP contribution >= 0.6 is 0 Å². The Morgan fingerprint density at radius 2 is 2.29 bits per heavy atom. The fraction of sp³-hybridized carbons (Fsp3) is 0.727. The first-order valence-corrected chi connectivity index (χ1v) is 4.85. The van der Waals surface area contributed by atoms with Gasteiger partial charge in [0.15, 0.2) is 0 Å². The van der Waals surface area contributed by atoms with Gasteiger partial charge in [-0.3, -0.25) is 4.79 Å². The molecule has 1 amide bonds. The first-order chi connectivity index (χ1) is 6.65. The summed E-state index contributed by atoms with van der Waals surface area (Å²) in [5.74, 6) is 2.83. The zero-order valence-corrected chi connectivity index (χ0v) is 9.25. The number of terminal acetylenes is 1. The van der Waals surface area contributed by atoms with Gasteiger partial charge in [0.2, 0.25) is 5.91 Å². The number of hydrogen-bond donors (Lipinski definition) is 0. The van der Waals surface area contributed by atoms with Crippen molar-refractivity contribution in [3.05, 3.63) is 0 Å². The van der Waals surface area contributed by atoms with E-state index in [-0.39, 0.29) is 11.8 Å². The first-order valence-electron chi connectivity index (χ1n) is 4.85. The van der Waals surface area contributed by atoms with Gasteiger partial charge in [0.1, 0.15) is 0 Å². The molecule has 14 heavy (non-hydrogen) atoms. The van der Waals surface area contributed by atoms with E-state index >= 15 is 0 Å². The van der Waals surface area contributed by atoms with Crippen LogP contribution < -0.4 is 0 Å². The third kappa shape index (κ3) is 4.88. The quantitative estimate of drug-likeness (QED) is 0.598. The second-order valence-corrected chi connectivity index (χ2v) is 3.38. The molecule has 0 aliphatic heterocycles. The lowest BCUT2D eigenvalue weighted by Crippen LogP contribution is -2.32. The number of methoxy groups -OCH3 is 1. The molecule has 80 valence electrons. The SMILES string of the molecule is C#CCN(CC)C(=O)CC(C)COC. The van der Waals surface area contributed by atoms with Gasteiger partial charge in [-0.05, 0) is 12.8 Å². The monoisotopic (exact) mass is 197 g/mol. The molecule has 0 radical (unpaired) electrons. The number of nitrogens with zero attached hydrogens (tertiary/aromatic N) is 1. The molecular weight excluding hydrogens is 178 g/mol. The Labute approximate surface area is 86.4 Å². The van der Waals surface area contributed by atoms with E-state index in [0.717, 1.165) is 0 Å². The predicted octanol–water partition coefficient (Wildman–Crippen LogP) is 1.14. The summed E-state index contributed by atoms with van der Waals surface area (Å²) in [6.45, 7) is 5.60. The Morgan fingerprint density at radius 3 is 2.71 bits per heavy atom. The van der Waals surface area contributed by atoms with Crippen molar-refractivity contribution < 1.29 is 9.53 Å². The molecule has 0 bridgehead atoms. The highest BCUT2D eigenvalue weighted by Gasteiger charge is 2.13. The summed E-state index contributed by atoms with van der Waals surface area (Å²) in [6, 6.07) is 0. The van der Waals surface area contributed by atoms with Crippen molar-refractivity contribution in [1.29, 1.82) is 0 Å². The summed E-state index contributed by atoms with van der Waals surface area (Å²) in [5.41, 5.74) is 0. The number of carbonyl (C=O) groups excluding carboxylic acids is 1. The van der Waals surface area contributed by atoms with Crippen LogP contribution in [0.5, 0.6) is 0 Å². The van der Waals surface area contributed by atoms with Crippen LogP contribution in [0.1, 0.15) is 20.3 Å². The number of ether oxygens (including phenoxy) is 1. The minimum atomic E-state index is 0.106. The third-order valence-corrected chi connectivity index (χ3v) is 1.99. The molecule has 0 aliphatic carbocycles. The zero-order chi connectivity index (χ0) is 11.0. The average Bonchev–Trinajstić information content (AvgIpc) is 2.14. The second-order valence-electron chi connectivity index (χ2n) is 3.38. The van der Waals surface area contributed by atoms with E-state index in [1.807, 2.05) is 13.8 Å². The van der Waals surface area contributed by atoms with Gasteiger partial charge in [0, 0.05) is 26.7 Å². The Bertz CT molecular complexity index is 208. The van der Waals surface area contributed by atoms with E-state index in [2.05, 4.69) is 5.92 Å². The van der Waals surface area contributed by atoms with Gasteiger partial charge < -0.3 is 9.64 Å². The fourth-order valence-corrected chi connectivity index (χ4v) is 1.26. The maximum Gasteiger partial charge on any atom is 0.223 e. The van der Waals surface area contributed by atoms with Crippen molar-refractivity contribution in [1.82, 2.24) is 4.90 Å². The van der Waals surface area contributed by atoms with Gasteiger partial charge in [0.25, 0.3) is 0 Å². The van der Waals surface area contributed by atoms with Crippen LogP contribution in [0, 0.1) is 18.3 Å². The number of hydrogen-bond acceptors (Lipinski definition) is 2. The highest BCUT2D eigenvalue weighted by Crippen LogP contribution is 2.05. The third-order valence-electron chi connectivity index (χ3n) is 1.99. The molecule has 1 unspecified atom stereocenters. The van der Waals surface area contributed by atoms with Crippen molar-refractivity contribution in [3.8, 4) is 12.3 Å². The molecule has 0 fully saturated rings. The average molecular weight is 197 g/mol. The zero-order valence-electron chi connectivity index (χ0n) is 9.25. The van der Waals surface area contributed by atoms with Crippen LogP contribution in [-0.2, 0) is 9.53 Å². The second kappa shape index (κ2) is 7.40. The maximum absolute atomic E-state index is 11.6. The molecule has 0 aromatic heterocycles. The van der Waals surface area contributed by atoms with E-state index in [0.29, 0.717) is 26.1 Å². The van der Waals surface area contributed by atoms with E-state index in [4.69, 9.17) is 11.2 Å². The van der Waals surface area contributed by atoms with Crippen molar-refractivity contribution >= 4 is 5.91 Å². The molecule has 1 atom stereocenters. The Kier molecular flexibility index (Phi) is 6.87. The Morgan fingerprint density at radius 1 is 1.64 bits per heavy atom. The Balaban J connectivity index is 3.98. The lowest BCUT2D eigenvalue weighted by molar-refractivity contribution is -0.131. The normalized spacial score (nSPS) is 11.9. The highest BCUT2D eigenvalue weighted by atomic mass is 16.5. The molecule has 0 aliphatic rings. The van der Waals surface area contributed by atoms with E-state index in [9.17, 15) is 4.79 Å². The van der Waals surface area contributed by atoms with E-state index in [1.165, 1.54) is 0 Å². The van der Waals surface area contributed by atoms with Crippen molar-refractivity contribution in [2.24, 2.45) is 5.92 Å². The van der Waals surface area contributed by atoms with Crippen molar-refractivity contribution in [3.63, 3.8) is 0 Å². The summed E-state index contributed by atoms with van der Waals surface area (Å²) >= 11 is 0. The maximum atomic E-state index is 11.6. The fourth-order valence-electron chi connectivity index (χ4n) is 1.26. The van der Waals surface area contributed by atoms with Gasteiger partial charge in [-0.15, -0.1) is 6.42 Å². The molecule has 3 heteroatoms. The first kappa shape index (κ1) is 13.0. The molecule has 0 N–H and O–H groups in total. The van der Waals surface area contributed by atoms with Crippen molar-refractivity contribution in [2.45, 2.75) is 20.3 Å². The summed E-state index contributed by atoms with van der Waals surface area (Å²) in [5, 5.41) is 0. The summed E-state index contributed by atoms with van der Waals surface area (Å²) in [4.78, 5) is 13.3. The molecule has 0 rings (SSSR count). The molecule has 0 aromatic rings. The van der Waals surface area contributed by atoms with Crippen LogP contribution in [0.3, 0.4) is 0 Å². The van der Waals surface area contributed by atoms with Crippen LogP contribution in [0.15, 0.2) is 0 Å². The minimum absolute atomic E-state index is 0.106. The summed E-state index contributed by atoms with van der Waals surface area (Å²) in [7, 11) is 1.64. The standard InChI is InChI=1S/C11H19NO2/c1-5-7-12(6-2)11(13)8-10(3)9-14-4/h1,10H,6-9H2,2-4H3.